The van der Waals surface area contributed by atoms with Crippen molar-refractivity contribution in [3.8, 4) is 0 Å². The molecule has 2 aromatic rings. The van der Waals surface area contributed by atoms with Crippen LogP contribution in [0.2, 0.25) is 0 Å². The number of nitrogens with zero attached hydrogens (tertiary/aromatic N) is 1. The molecular weight excluding hydrogens is 405 g/mol. The van der Waals surface area contributed by atoms with E-state index in [0.29, 0.717) is 12.1 Å². The van der Waals surface area contributed by atoms with Gasteiger partial charge in [-0.3, -0.25) is 14.5 Å². The minimum Gasteiger partial charge on any atom is -0.351 e. The number of benzene rings is 2. The van der Waals surface area contributed by atoms with E-state index in [-0.39, 0.29) is 23.9 Å². The molecule has 2 N–H and O–H groups in total. The summed E-state index contributed by atoms with van der Waals surface area (Å²) in [6, 6.07) is 12.5. The molecule has 0 radical (unpaired) electrons. The van der Waals surface area contributed by atoms with Gasteiger partial charge in [-0.2, -0.15) is 0 Å². The fourth-order valence-electron chi connectivity index (χ4n) is 4.91. The lowest BCUT2D eigenvalue weighted by molar-refractivity contribution is -0.128. The largest absolute Gasteiger partial charge is 0.351 e. The first-order valence-electron chi connectivity index (χ1n) is 11.7. The molecule has 2 amide bonds. The number of carbonyl (C=O) groups excluding carboxylic acids is 2. The van der Waals surface area contributed by atoms with Crippen LogP contribution in [0.25, 0.3) is 0 Å². The van der Waals surface area contributed by atoms with E-state index in [1.54, 1.807) is 12.1 Å². The Morgan fingerprint density at radius 1 is 1.03 bits per heavy atom. The van der Waals surface area contributed by atoms with Crippen LogP contribution in [0.5, 0.6) is 0 Å². The Morgan fingerprint density at radius 3 is 2.50 bits per heavy atom. The first kappa shape index (κ1) is 22.5. The highest BCUT2D eigenvalue weighted by Gasteiger charge is 2.38. The summed E-state index contributed by atoms with van der Waals surface area (Å²) in [4.78, 5) is 29.0. The van der Waals surface area contributed by atoms with Gasteiger partial charge in [-0.05, 0) is 68.5 Å². The van der Waals surface area contributed by atoms with Crippen LogP contribution in [0, 0.1) is 12.7 Å². The van der Waals surface area contributed by atoms with Crippen LogP contribution in [0.4, 0.5) is 10.1 Å². The molecule has 5 nitrogen and oxygen atoms in total. The standard InChI is InChI=1S/C26H32FN3O2/c1-18-9-5-6-14-22(18)24(25(31)29-20-11-3-2-4-12-20)30(21-13-7-10-19(27)17-21)26(32)23-15-8-16-28-23/h5-7,9-10,13-14,17,20,23-24,28H,2-4,8,11-12,15-16H2,1H3,(H,29,31)/t23-,24-/m0/s1. The van der Waals surface area contributed by atoms with E-state index in [9.17, 15) is 14.0 Å². The topological polar surface area (TPSA) is 61.4 Å². The fourth-order valence-corrected chi connectivity index (χ4v) is 4.91. The SMILES string of the molecule is Cc1ccccc1[C@@H](C(=O)NC1CCCCC1)N(C(=O)[C@@H]1CCCN1)c1cccc(F)c1. The van der Waals surface area contributed by atoms with Crippen LogP contribution >= 0.6 is 0 Å². The van der Waals surface area contributed by atoms with E-state index in [1.807, 2.05) is 31.2 Å². The monoisotopic (exact) mass is 437 g/mol. The minimum absolute atomic E-state index is 0.108. The molecule has 2 atom stereocenters. The summed E-state index contributed by atoms with van der Waals surface area (Å²) in [6.07, 6.45) is 6.88. The predicted octanol–water partition coefficient (Wildman–Crippen LogP) is 4.41. The van der Waals surface area contributed by atoms with Gasteiger partial charge < -0.3 is 10.6 Å². The van der Waals surface area contributed by atoms with Gasteiger partial charge >= 0.3 is 0 Å². The second kappa shape index (κ2) is 10.3. The molecule has 4 rings (SSSR count). The number of nitrogens with one attached hydrogen (secondary N) is 2. The maximum atomic E-state index is 14.2. The minimum atomic E-state index is -0.866. The Bertz CT molecular complexity index is 952. The lowest BCUT2D eigenvalue weighted by atomic mass is 9.93. The zero-order valence-corrected chi connectivity index (χ0v) is 18.6. The number of hydrogen-bond acceptors (Lipinski definition) is 3. The highest BCUT2D eigenvalue weighted by atomic mass is 19.1. The van der Waals surface area contributed by atoms with Gasteiger partial charge in [0.15, 0.2) is 0 Å². The van der Waals surface area contributed by atoms with Gasteiger partial charge in [0.2, 0.25) is 11.8 Å². The van der Waals surface area contributed by atoms with Gasteiger partial charge in [0.1, 0.15) is 11.9 Å². The van der Waals surface area contributed by atoms with Crippen molar-refractivity contribution in [1.82, 2.24) is 10.6 Å². The van der Waals surface area contributed by atoms with E-state index < -0.39 is 11.9 Å². The number of carbonyl (C=O) groups is 2. The van der Waals surface area contributed by atoms with Gasteiger partial charge in [0, 0.05) is 11.7 Å². The van der Waals surface area contributed by atoms with Crippen molar-refractivity contribution in [1.29, 1.82) is 0 Å². The molecule has 1 saturated carbocycles. The van der Waals surface area contributed by atoms with Crippen LogP contribution < -0.4 is 15.5 Å². The molecule has 170 valence electrons. The average molecular weight is 438 g/mol. The molecule has 32 heavy (non-hydrogen) atoms. The maximum Gasteiger partial charge on any atom is 0.248 e. The number of halogens is 1. The number of anilines is 1. The fraction of sp³-hybridized carbons (Fsp3) is 0.462. The number of hydrogen-bond donors (Lipinski definition) is 2. The second-order valence-corrected chi connectivity index (χ2v) is 8.94. The molecule has 0 bridgehead atoms. The highest BCUT2D eigenvalue weighted by molar-refractivity contribution is 6.04. The van der Waals surface area contributed by atoms with Crippen molar-refractivity contribution in [3.05, 3.63) is 65.5 Å². The first-order chi connectivity index (χ1) is 15.5. The molecule has 0 unspecified atom stereocenters. The molecule has 1 aliphatic heterocycles. The van der Waals surface area contributed by atoms with Crippen LogP contribution in [-0.2, 0) is 9.59 Å². The summed E-state index contributed by atoms with van der Waals surface area (Å²) in [5.41, 5.74) is 2.08. The third kappa shape index (κ3) is 5.01. The van der Waals surface area contributed by atoms with Crippen molar-refractivity contribution >= 4 is 17.5 Å². The van der Waals surface area contributed by atoms with Crippen molar-refractivity contribution in [2.75, 3.05) is 11.4 Å². The van der Waals surface area contributed by atoms with Crippen LogP contribution in [0.1, 0.15) is 62.1 Å². The van der Waals surface area contributed by atoms with Gasteiger partial charge in [-0.25, -0.2) is 4.39 Å². The zero-order valence-electron chi connectivity index (χ0n) is 18.6. The Labute approximate surface area is 189 Å². The van der Waals surface area contributed by atoms with Gasteiger partial charge in [0.05, 0.1) is 6.04 Å². The Hall–Kier alpha value is -2.73. The summed E-state index contributed by atoms with van der Waals surface area (Å²) in [6.45, 7) is 2.70. The Morgan fingerprint density at radius 2 is 1.81 bits per heavy atom. The Balaban J connectivity index is 1.77. The smallest absolute Gasteiger partial charge is 0.248 e. The number of rotatable bonds is 6. The summed E-state index contributed by atoms with van der Waals surface area (Å²) in [5, 5.41) is 6.45. The molecule has 0 aromatic heterocycles. The van der Waals surface area contributed by atoms with Gasteiger partial charge in [-0.15, -0.1) is 0 Å². The van der Waals surface area contributed by atoms with Gasteiger partial charge in [0.25, 0.3) is 0 Å². The number of aryl methyl sites for hydroxylation is 1. The molecule has 6 heteroatoms. The molecular formula is C26H32FN3O2. The molecule has 2 fully saturated rings. The first-order valence-corrected chi connectivity index (χ1v) is 11.7. The average Bonchev–Trinajstić information content (AvgIpc) is 3.33. The predicted molar refractivity (Wildman–Crippen MR) is 124 cm³/mol. The van der Waals surface area contributed by atoms with Crippen molar-refractivity contribution < 1.29 is 14.0 Å². The van der Waals surface area contributed by atoms with E-state index in [2.05, 4.69) is 10.6 Å². The highest BCUT2D eigenvalue weighted by Crippen LogP contribution is 2.32. The van der Waals surface area contributed by atoms with Crippen LogP contribution in [0.3, 0.4) is 0 Å². The molecule has 2 aromatic carbocycles. The molecule has 1 saturated heterocycles. The summed E-state index contributed by atoms with van der Waals surface area (Å²) >= 11 is 0. The van der Waals surface area contributed by atoms with E-state index >= 15 is 0 Å². The third-order valence-electron chi connectivity index (χ3n) is 6.62. The summed E-state index contributed by atoms with van der Waals surface area (Å²) in [5.74, 6) is -0.835. The molecule has 1 aliphatic carbocycles. The Kier molecular flexibility index (Phi) is 7.20. The van der Waals surface area contributed by atoms with Crippen LogP contribution in [0.15, 0.2) is 48.5 Å². The van der Waals surface area contributed by atoms with Gasteiger partial charge in [-0.1, -0.05) is 49.6 Å². The maximum absolute atomic E-state index is 14.2. The second-order valence-electron chi connectivity index (χ2n) is 8.94. The quantitative estimate of drug-likeness (QED) is 0.704. The van der Waals surface area contributed by atoms with E-state index in [4.69, 9.17) is 0 Å². The lowest BCUT2D eigenvalue weighted by Crippen LogP contribution is -2.51. The summed E-state index contributed by atoms with van der Waals surface area (Å²) in [7, 11) is 0. The van der Waals surface area contributed by atoms with E-state index in [0.717, 1.165) is 49.8 Å². The number of amides is 2. The van der Waals surface area contributed by atoms with Crippen molar-refractivity contribution in [2.24, 2.45) is 0 Å². The lowest BCUT2D eigenvalue weighted by Gasteiger charge is -2.35. The van der Waals surface area contributed by atoms with Crippen molar-refractivity contribution in [3.63, 3.8) is 0 Å². The molecule has 0 spiro atoms. The van der Waals surface area contributed by atoms with Crippen molar-refractivity contribution in [2.45, 2.75) is 70.0 Å². The van der Waals surface area contributed by atoms with E-state index in [1.165, 1.54) is 23.5 Å². The normalized spacial score (nSPS) is 20.0. The third-order valence-corrected chi connectivity index (χ3v) is 6.62. The zero-order chi connectivity index (χ0) is 22.5. The molecule has 1 heterocycles. The van der Waals surface area contributed by atoms with Crippen LogP contribution in [-0.4, -0.2) is 30.4 Å². The summed E-state index contributed by atoms with van der Waals surface area (Å²) < 4.78 is 14.2. The molecule has 2 aliphatic rings.